The van der Waals surface area contributed by atoms with Crippen LogP contribution in [0, 0.1) is 5.82 Å². The zero-order chi connectivity index (χ0) is 21.1. The van der Waals surface area contributed by atoms with E-state index in [9.17, 15) is 9.18 Å². The number of rotatable bonds is 7. The second-order valence-electron chi connectivity index (χ2n) is 7.06. The van der Waals surface area contributed by atoms with Gasteiger partial charge in [0.15, 0.2) is 11.5 Å². The van der Waals surface area contributed by atoms with Crippen LogP contribution in [0.4, 0.5) is 10.1 Å². The van der Waals surface area contributed by atoms with E-state index >= 15 is 0 Å². The fraction of sp³-hybridized carbons (Fsp3) is 0.318. The minimum atomic E-state index is -0.385. The third kappa shape index (κ3) is 3.98. The van der Waals surface area contributed by atoms with Crippen molar-refractivity contribution in [1.82, 2.24) is 10.1 Å². The molecule has 0 saturated carbocycles. The van der Waals surface area contributed by atoms with Crippen molar-refractivity contribution in [3.63, 3.8) is 0 Å². The molecule has 4 rings (SSSR count). The summed E-state index contributed by atoms with van der Waals surface area (Å²) in [5.41, 5.74) is 1.24. The van der Waals surface area contributed by atoms with E-state index < -0.39 is 0 Å². The van der Waals surface area contributed by atoms with Crippen molar-refractivity contribution in [2.24, 2.45) is 0 Å². The number of hydrogen-bond donors (Lipinski definition) is 0. The van der Waals surface area contributed by atoms with Gasteiger partial charge >= 0.3 is 0 Å². The minimum Gasteiger partial charge on any atom is -0.493 e. The van der Waals surface area contributed by atoms with Gasteiger partial charge in [0.25, 0.3) is 0 Å². The van der Waals surface area contributed by atoms with Crippen LogP contribution in [0.5, 0.6) is 11.5 Å². The lowest BCUT2D eigenvalue weighted by Gasteiger charge is -2.15. The number of benzene rings is 2. The summed E-state index contributed by atoms with van der Waals surface area (Å²) < 4.78 is 30.0. The van der Waals surface area contributed by atoms with Crippen molar-refractivity contribution in [3.05, 3.63) is 54.2 Å². The van der Waals surface area contributed by atoms with Gasteiger partial charge in [-0.1, -0.05) is 18.1 Å². The van der Waals surface area contributed by atoms with Crippen molar-refractivity contribution in [1.29, 1.82) is 0 Å². The van der Waals surface area contributed by atoms with Crippen LogP contribution in [0.25, 0.3) is 11.4 Å². The molecule has 1 atom stereocenters. The fourth-order valence-electron chi connectivity index (χ4n) is 3.42. The molecule has 1 aromatic heterocycles. The lowest BCUT2D eigenvalue weighted by molar-refractivity contribution is -0.117. The molecule has 3 aromatic rings. The molecular weight excluding hydrogens is 389 g/mol. The van der Waals surface area contributed by atoms with Crippen molar-refractivity contribution in [2.45, 2.75) is 25.7 Å². The maximum atomic E-state index is 13.5. The Morgan fingerprint density at radius 2 is 2.10 bits per heavy atom. The molecule has 0 aliphatic carbocycles. The number of anilines is 1. The van der Waals surface area contributed by atoms with E-state index in [1.807, 2.05) is 19.1 Å². The molecule has 1 aliphatic rings. The number of methoxy groups -OCH3 is 1. The standard InChI is InChI=1S/C22H22FN3O4/c1-3-9-29-18-8-7-14(10-19(18)28-2)21-24-22(30-25-21)15-11-20(27)26(13-15)17-6-4-5-16(23)12-17/h4-8,10,12,15H,3,9,11,13H2,1-2H3. The molecule has 1 unspecified atom stereocenters. The van der Waals surface area contributed by atoms with Gasteiger partial charge in [0.1, 0.15) is 5.82 Å². The average Bonchev–Trinajstić information content (AvgIpc) is 3.39. The summed E-state index contributed by atoms with van der Waals surface area (Å²) in [6, 6.07) is 11.4. The van der Waals surface area contributed by atoms with Gasteiger partial charge in [-0.2, -0.15) is 4.98 Å². The first-order valence-corrected chi connectivity index (χ1v) is 9.79. The van der Waals surface area contributed by atoms with Crippen LogP contribution in [0.1, 0.15) is 31.6 Å². The van der Waals surface area contributed by atoms with Gasteiger partial charge in [0.05, 0.1) is 19.6 Å². The quantitative estimate of drug-likeness (QED) is 0.580. The predicted molar refractivity (Wildman–Crippen MR) is 108 cm³/mol. The molecule has 0 spiro atoms. The molecule has 0 radical (unpaired) electrons. The van der Waals surface area contributed by atoms with E-state index in [1.54, 1.807) is 30.2 Å². The molecule has 0 N–H and O–H groups in total. The molecule has 1 amide bonds. The van der Waals surface area contributed by atoms with E-state index in [0.29, 0.717) is 42.1 Å². The van der Waals surface area contributed by atoms with Gasteiger partial charge in [-0.25, -0.2) is 4.39 Å². The lowest BCUT2D eigenvalue weighted by atomic mass is 10.1. The van der Waals surface area contributed by atoms with Crippen LogP contribution < -0.4 is 14.4 Å². The van der Waals surface area contributed by atoms with Gasteiger partial charge in [-0.3, -0.25) is 4.79 Å². The van der Waals surface area contributed by atoms with Gasteiger partial charge in [0, 0.05) is 24.2 Å². The molecule has 1 saturated heterocycles. The normalized spacial score (nSPS) is 16.2. The molecule has 1 aliphatic heterocycles. The van der Waals surface area contributed by atoms with Crippen molar-refractivity contribution < 1.29 is 23.2 Å². The highest BCUT2D eigenvalue weighted by atomic mass is 19.1. The molecule has 2 heterocycles. The Bertz CT molecular complexity index is 1050. The van der Waals surface area contributed by atoms with Crippen LogP contribution in [0.3, 0.4) is 0 Å². The van der Waals surface area contributed by atoms with Crippen LogP contribution in [-0.4, -0.2) is 36.3 Å². The molecule has 30 heavy (non-hydrogen) atoms. The Morgan fingerprint density at radius 1 is 1.23 bits per heavy atom. The Balaban J connectivity index is 1.52. The van der Waals surface area contributed by atoms with Gasteiger partial charge < -0.3 is 18.9 Å². The summed E-state index contributed by atoms with van der Waals surface area (Å²) in [5, 5.41) is 4.06. The lowest BCUT2D eigenvalue weighted by Crippen LogP contribution is -2.24. The number of amides is 1. The topological polar surface area (TPSA) is 77.7 Å². The highest BCUT2D eigenvalue weighted by molar-refractivity contribution is 5.96. The van der Waals surface area contributed by atoms with Gasteiger partial charge in [0.2, 0.25) is 17.6 Å². The Hall–Kier alpha value is -3.42. The molecule has 2 aromatic carbocycles. The smallest absolute Gasteiger partial charge is 0.232 e. The SMILES string of the molecule is CCCOc1ccc(-c2noc(C3CC(=O)N(c4cccc(F)c4)C3)n2)cc1OC. The summed E-state index contributed by atoms with van der Waals surface area (Å²) in [5.74, 6) is 1.27. The van der Waals surface area contributed by atoms with Crippen LogP contribution >= 0.6 is 0 Å². The van der Waals surface area contributed by atoms with Crippen molar-refractivity contribution in [3.8, 4) is 22.9 Å². The summed E-state index contributed by atoms with van der Waals surface area (Å²) in [6.45, 7) is 2.99. The largest absolute Gasteiger partial charge is 0.493 e. The number of halogens is 1. The first kappa shape index (κ1) is 19.9. The van der Waals surface area contributed by atoms with E-state index in [4.69, 9.17) is 14.0 Å². The summed E-state index contributed by atoms with van der Waals surface area (Å²) in [6.07, 6.45) is 1.12. The highest BCUT2D eigenvalue weighted by Gasteiger charge is 2.35. The third-order valence-electron chi connectivity index (χ3n) is 4.92. The minimum absolute atomic E-state index is 0.107. The molecule has 1 fully saturated rings. The Morgan fingerprint density at radius 3 is 2.87 bits per heavy atom. The zero-order valence-electron chi connectivity index (χ0n) is 16.8. The van der Waals surface area contributed by atoms with Crippen LogP contribution in [0.15, 0.2) is 47.0 Å². The Kier molecular flexibility index (Phi) is 5.65. The number of ether oxygens (including phenoxy) is 2. The van der Waals surface area contributed by atoms with Crippen LogP contribution in [-0.2, 0) is 4.79 Å². The second-order valence-corrected chi connectivity index (χ2v) is 7.06. The number of aromatic nitrogens is 2. The first-order valence-electron chi connectivity index (χ1n) is 9.79. The highest BCUT2D eigenvalue weighted by Crippen LogP contribution is 2.34. The molecular formula is C22H22FN3O4. The summed E-state index contributed by atoms with van der Waals surface area (Å²) >= 11 is 0. The first-order chi connectivity index (χ1) is 14.6. The average molecular weight is 411 g/mol. The van der Waals surface area contributed by atoms with Crippen molar-refractivity contribution in [2.75, 3.05) is 25.2 Å². The van der Waals surface area contributed by atoms with Crippen molar-refractivity contribution >= 4 is 11.6 Å². The fourth-order valence-corrected chi connectivity index (χ4v) is 3.42. The van der Waals surface area contributed by atoms with Gasteiger partial charge in [-0.15, -0.1) is 0 Å². The number of hydrogen-bond acceptors (Lipinski definition) is 6. The number of nitrogens with zero attached hydrogens (tertiary/aromatic N) is 3. The maximum Gasteiger partial charge on any atom is 0.232 e. The molecule has 156 valence electrons. The van der Waals surface area contributed by atoms with E-state index in [2.05, 4.69) is 10.1 Å². The predicted octanol–water partition coefficient (Wildman–Crippen LogP) is 4.19. The third-order valence-corrected chi connectivity index (χ3v) is 4.92. The summed E-state index contributed by atoms with van der Waals surface area (Å²) in [4.78, 5) is 18.5. The second kappa shape index (κ2) is 8.52. The number of carbonyl (C=O) groups is 1. The van der Waals surface area contributed by atoms with E-state index in [0.717, 1.165) is 12.0 Å². The van der Waals surface area contributed by atoms with E-state index in [-0.39, 0.29) is 24.1 Å². The zero-order valence-corrected chi connectivity index (χ0v) is 16.8. The molecule has 7 nitrogen and oxygen atoms in total. The molecule has 0 bridgehead atoms. The summed E-state index contributed by atoms with van der Waals surface area (Å²) in [7, 11) is 1.57. The van der Waals surface area contributed by atoms with Gasteiger partial charge in [-0.05, 0) is 42.8 Å². The Labute approximate surface area is 173 Å². The van der Waals surface area contributed by atoms with Crippen LogP contribution in [0.2, 0.25) is 0 Å². The maximum absolute atomic E-state index is 13.5. The van der Waals surface area contributed by atoms with E-state index in [1.165, 1.54) is 12.1 Å². The monoisotopic (exact) mass is 411 g/mol. The molecule has 8 heteroatoms. The number of carbonyl (C=O) groups excluding carboxylic acids is 1.